The molecule has 1 aromatic rings. The maximum absolute atomic E-state index is 12.4. The first-order valence-corrected chi connectivity index (χ1v) is 9.85. The highest BCUT2D eigenvalue weighted by Crippen LogP contribution is 2.25. The first kappa shape index (κ1) is 17.0. The van der Waals surface area contributed by atoms with Gasteiger partial charge in [-0.2, -0.15) is 16.1 Å². The smallest absolute Gasteiger partial charge is 0.252 e. The molecule has 4 nitrogen and oxygen atoms in total. The van der Waals surface area contributed by atoms with Crippen LogP contribution in [-0.2, 0) is 16.6 Å². The summed E-state index contributed by atoms with van der Waals surface area (Å²) in [6.45, 7) is 5.57. The van der Waals surface area contributed by atoms with Crippen molar-refractivity contribution in [3.63, 3.8) is 0 Å². The van der Waals surface area contributed by atoms with E-state index in [1.807, 2.05) is 26.2 Å². The lowest BCUT2D eigenvalue weighted by molar-refractivity contribution is 0.416. The summed E-state index contributed by atoms with van der Waals surface area (Å²) < 4.78 is 26.8. The molecule has 1 unspecified atom stereocenters. The normalized spacial score (nSPS) is 13.9. The van der Waals surface area contributed by atoms with Crippen LogP contribution in [0.2, 0.25) is 0 Å². The van der Waals surface area contributed by atoms with E-state index in [4.69, 9.17) is 0 Å². The van der Waals surface area contributed by atoms with Crippen molar-refractivity contribution in [1.29, 1.82) is 0 Å². The second-order valence-electron chi connectivity index (χ2n) is 4.33. The zero-order valence-corrected chi connectivity index (χ0v) is 14.3. The van der Waals surface area contributed by atoms with Gasteiger partial charge in [0.15, 0.2) is 0 Å². The minimum Gasteiger partial charge on any atom is -0.312 e. The van der Waals surface area contributed by atoms with E-state index in [1.54, 1.807) is 24.9 Å². The highest BCUT2D eigenvalue weighted by atomic mass is 32.2. The van der Waals surface area contributed by atoms with Gasteiger partial charge >= 0.3 is 0 Å². The predicted octanol–water partition coefficient (Wildman–Crippen LogP) is 2.23. The van der Waals surface area contributed by atoms with Gasteiger partial charge in [-0.3, -0.25) is 0 Å². The molecule has 0 amide bonds. The molecule has 1 rings (SSSR count). The quantitative estimate of drug-likeness (QED) is 0.797. The molecule has 0 spiro atoms. The number of thiophene rings is 1. The van der Waals surface area contributed by atoms with Crippen molar-refractivity contribution >= 4 is 33.1 Å². The van der Waals surface area contributed by atoms with Gasteiger partial charge in [-0.25, -0.2) is 8.42 Å². The number of nitrogens with zero attached hydrogens (tertiary/aromatic N) is 1. The summed E-state index contributed by atoms with van der Waals surface area (Å²) >= 11 is 3.00. The topological polar surface area (TPSA) is 49.4 Å². The molecule has 0 aliphatic carbocycles. The van der Waals surface area contributed by atoms with E-state index in [9.17, 15) is 8.42 Å². The van der Waals surface area contributed by atoms with Crippen LogP contribution >= 0.6 is 23.1 Å². The molecule has 1 heterocycles. The molecular weight excluding hydrogens is 300 g/mol. The molecular formula is C12H22N2O2S3. The molecule has 0 fully saturated rings. The van der Waals surface area contributed by atoms with Crippen molar-refractivity contribution < 1.29 is 8.42 Å². The molecule has 0 aliphatic heterocycles. The number of rotatable bonds is 8. The van der Waals surface area contributed by atoms with Crippen LogP contribution < -0.4 is 5.32 Å². The van der Waals surface area contributed by atoms with Gasteiger partial charge in [-0.05, 0) is 31.9 Å². The van der Waals surface area contributed by atoms with Crippen LogP contribution in [0.4, 0.5) is 0 Å². The zero-order valence-electron chi connectivity index (χ0n) is 11.8. The van der Waals surface area contributed by atoms with Crippen molar-refractivity contribution in [2.24, 2.45) is 0 Å². The lowest BCUT2D eigenvalue weighted by Gasteiger charge is -2.22. The second-order valence-corrected chi connectivity index (χ2v) is 8.63. The fourth-order valence-electron chi connectivity index (χ4n) is 1.57. The van der Waals surface area contributed by atoms with Crippen LogP contribution in [0.25, 0.3) is 0 Å². The predicted molar refractivity (Wildman–Crippen MR) is 84.5 cm³/mol. The standard InChI is InChI=1S/C12H22N2O2S3/c1-5-13-8-11-6-7-12(18-11)19(15,16)14(3)10(2)9-17-4/h6-7,10,13H,5,8-9H2,1-4H3. The molecule has 0 saturated heterocycles. The molecule has 0 radical (unpaired) electrons. The molecule has 0 aromatic carbocycles. The van der Waals surface area contributed by atoms with Gasteiger partial charge in [0.1, 0.15) is 4.21 Å². The van der Waals surface area contributed by atoms with Crippen molar-refractivity contribution in [3.8, 4) is 0 Å². The van der Waals surface area contributed by atoms with Gasteiger partial charge in [-0.1, -0.05) is 6.92 Å². The van der Waals surface area contributed by atoms with E-state index in [1.165, 1.54) is 15.6 Å². The van der Waals surface area contributed by atoms with E-state index in [-0.39, 0.29) is 6.04 Å². The Morgan fingerprint density at radius 2 is 2.16 bits per heavy atom. The summed E-state index contributed by atoms with van der Waals surface area (Å²) in [5.41, 5.74) is 0. The Hall–Kier alpha value is -0.0800. The number of hydrogen-bond acceptors (Lipinski definition) is 5. The third kappa shape index (κ3) is 4.46. The third-order valence-electron chi connectivity index (χ3n) is 2.85. The van der Waals surface area contributed by atoms with Crippen LogP contribution in [0, 0.1) is 0 Å². The maximum atomic E-state index is 12.4. The van der Waals surface area contributed by atoms with Crippen LogP contribution in [0.5, 0.6) is 0 Å². The van der Waals surface area contributed by atoms with Gasteiger partial charge in [0.2, 0.25) is 0 Å². The van der Waals surface area contributed by atoms with Crippen LogP contribution in [-0.4, -0.2) is 44.4 Å². The molecule has 19 heavy (non-hydrogen) atoms. The van der Waals surface area contributed by atoms with Gasteiger partial charge < -0.3 is 5.32 Å². The van der Waals surface area contributed by atoms with Gasteiger partial charge in [0.25, 0.3) is 10.0 Å². The largest absolute Gasteiger partial charge is 0.312 e. The third-order valence-corrected chi connectivity index (χ3v) is 7.19. The van der Waals surface area contributed by atoms with E-state index < -0.39 is 10.0 Å². The van der Waals surface area contributed by atoms with Crippen molar-refractivity contribution in [2.75, 3.05) is 25.6 Å². The number of hydrogen-bond donors (Lipinski definition) is 1. The Morgan fingerprint density at radius 1 is 1.47 bits per heavy atom. The minimum atomic E-state index is -3.35. The molecule has 0 bridgehead atoms. The lowest BCUT2D eigenvalue weighted by atomic mass is 10.4. The van der Waals surface area contributed by atoms with E-state index in [0.29, 0.717) is 4.21 Å². The van der Waals surface area contributed by atoms with Gasteiger partial charge in [0.05, 0.1) is 0 Å². The molecule has 0 aliphatic rings. The van der Waals surface area contributed by atoms with E-state index in [2.05, 4.69) is 5.32 Å². The van der Waals surface area contributed by atoms with Crippen LogP contribution in [0.1, 0.15) is 18.7 Å². The van der Waals surface area contributed by atoms with E-state index >= 15 is 0 Å². The monoisotopic (exact) mass is 322 g/mol. The van der Waals surface area contributed by atoms with Crippen molar-refractivity contribution in [2.45, 2.75) is 30.6 Å². The maximum Gasteiger partial charge on any atom is 0.252 e. The SMILES string of the molecule is CCNCc1ccc(S(=O)(=O)N(C)C(C)CSC)s1. The van der Waals surface area contributed by atoms with Crippen LogP contribution in [0.15, 0.2) is 16.3 Å². The molecule has 1 atom stereocenters. The molecule has 7 heteroatoms. The molecule has 1 N–H and O–H groups in total. The number of thioether (sulfide) groups is 1. The fraction of sp³-hybridized carbons (Fsp3) is 0.667. The van der Waals surface area contributed by atoms with Crippen molar-refractivity contribution in [3.05, 3.63) is 17.0 Å². The Labute approximate surface area is 124 Å². The molecule has 1 aromatic heterocycles. The first-order chi connectivity index (χ1) is 8.93. The summed E-state index contributed by atoms with van der Waals surface area (Å²) in [7, 11) is -1.70. The molecule has 0 saturated carbocycles. The minimum absolute atomic E-state index is 0.000633. The molecule has 110 valence electrons. The summed E-state index contributed by atoms with van der Waals surface area (Å²) in [4.78, 5) is 1.05. The number of sulfonamides is 1. The average molecular weight is 323 g/mol. The summed E-state index contributed by atoms with van der Waals surface area (Å²) in [6.07, 6.45) is 1.98. The first-order valence-electron chi connectivity index (χ1n) is 6.19. The fourth-order valence-corrected chi connectivity index (χ4v) is 5.24. The zero-order chi connectivity index (χ0) is 14.5. The van der Waals surface area contributed by atoms with Gasteiger partial charge in [-0.15, -0.1) is 11.3 Å². The highest BCUT2D eigenvalue weighted by Gasteiger charge is 2.26. The Morgan fingerprint density at radius 3 is 2.74 bits per heavy atom. The van der Waals surface area contributed by atoms with E-state index in [0.717, 1.165) is 23.7 Å². The Balaban J connectivity index is 2.84. The number of nitrogens with one attached hydrogen (secondary N) is 1. The average Bonchev–Trinajstić information content (AvgIpc) is 2.85. The van der Waals surface area contributed by atoms with Crippen LogP contribution in [0.3, 0.4) is 0 Å². The summed E-state index contributed by atoms with van der Waals surface area (Å²) in [6, 6.07) is 3.58. The summed E-state index contributed by atoms with van der Waals surface area (Å²) in [5, 5.41) is 3.20. The highest BCUT2D eigenvalue weighted by molar-refractivity contribution is 7.98. The Bertz CT molecular complexity index is 485. The lowest BCUT2D eigenvalue weighted by Crippen LogP contribution is -2.36. The van der Waals surface area contributed by atoms with Gasteiger partial charge in [0, 0.05) is 30.3 Å². The Kier molecular flexibility index (Phi) is 6.82. The summed E-state index contributed by atoms with van der Waals surface area (Å²) in [5.74, 6) is 0.797. The second kappa shape index (κ2) is 7.64. The van der Waals surface area contributed by atoms with Crippen molar-refractivity contribution in [1.82, 2.24) is 9.62 Å².